The number of amides is 2. The maximum absolute atomic E-state index is 13.9. The van der Waals surface area contributed by atoms with Crippen molar-refractivity contribution in [1.29, 1.82) is 0 Å². The number of thioether (sulfide) groups is 2. The van der Waals surface area contributed by atoms with Crippen molar-refractivity contribution in [3.05, 3.63) is 120 Å². The molecule has 0 radical (unpaired) electrons. The predicted molar refractivity (Wildman–Crippen MR) is 218 cm³/mol. The number of nitrogens with one attached hydrogen (secondary N) is 2. The Hall–Kier alpha value is -5.20. The summed E-state index contributed by atoms with van der Waals surface area (Å²) in [6, 6.07) is 27.6. The molecular formula is C43H44N4O6S2. The van der Waals surface area contributed by atoms with E-state index in [1.807, 2.05) is 58.3 Å². The van der Waals surface area contributed by atoms with Crippen molar-refractivity contribution in [2.75, 3.05) is 51.2 Å². The van der Waals surface area contributed by atoms with Crippen molar-refractivity contribution in [3.63, 3.8) is 0 Å². The second-order valence-corrected chi connectivity index (χ2v) is 16.5. The number of benzene rings is 4. The largest absolute Gasteiger partial charge is 0.493 e. The van der Waals surface area contributed by atoms with Crippen LogP contribution in [0.1, 0.15) is 40.0 Å². The van der Waals surface area contributed by atoms with E-state index in [0.29, 0.717) is 78.2 Å². The molecule has 2 N–H and O–H groups in total. The Balaban J connectivity index is 0.965. The van der Waals surface area contributed by atoms with Crippen LogP contribution < -0.4 is 29.6 Å². The molecule has 4 aromatic carbocycles. The lowest BCUT2D eigenvalue weighted by Crippen LogP contribution is -2.41. The van der Waals surface area contributed by atoms with E-state index in [-0.39, 0.29) is 34.6 Å². The van der Waals surface area contributed by atoms with Gasteiger partial charge in [-0.3, -0.25) is 9.59 Å². The van der Waals surface area contributed by atoms with Crippen LogP contribution in [0.5, 0.6) is 23.0 Å². The first-order chi connectivity index (χ1) is 26.8. The zero-order chi connectivity index (χ0) is 38.1. The normalized spacial score (nSPS) is 21.3. The highest BCUT2D eigenvalue weighted by Gasteiger charge is 2.43. The average Bonchev–Trinajstić information content (AvgIpc) is 3.75. The summed E-state index contributed by atoms with van der Waals surface area (Å²) in [5.41, 5.74) is 4.58. The third kappa shape index (κ3) is 7.57. The standard InChI is InChI=1S/C43H44N4O6S2/c1-26-18-34-40(54-28-12-7-5-8-13-28)44-32-22-38(36(50-3)20-30(32)42(48)46(34)24-26)52-16-11-17-53-39-23-33-31(21-37(39)51-4)43(49)47-25-27(2)19-35(47)41(45-33)55-29-14-9-6-10-15-29/h5-10,12-15,20-23,34-35,40-41,44-45H,1-2,11,16-19,24-25H2,3-4H3/t34-,35-,40?,41?/m0/s1. The summed E-state index contributed by atoms with van der Waals surface area (Å²) in [7, 11) is 3.15. The fourth-order valence-corrected chi connectivity index (χ4v) is 10.0. The molecule has 0 spiro atoms. The summed E-state index contributed by atoms with van der Waals surface area (Å²) in [6.45, 7) is 10.1. The fourth-order valence-electron chi connectivity index (χ4n) is 7.64. The van der Waals surface area contributed by atoms with Crippen LogP contribution in [-0.2, 0) is 0 Å². The zero-order valence-electron chi connectivity index (χ0n) is 30.9. The summed E-state index contributed by atoms with van der Waals surface area (Å²) in [4.78, 5) is 33.9. The summed E-state index contributed by atoms with van der Waals surface area (Å²) in [6.07, 6.45) is 2.02. The Labute approximate surface area is 330 Å². The Morgan fingerprint density at radius 3 is 1.45 bits per heavy atom. The van der Waals surface area contributed by atoms with Crippen molar-refractivity contribution in [2.24, 2.45) is 0 Å². The van der Waals surface area contributed by atoms with Crippen molar-refractivity contribution in [3.8, 4) is 23.0 Å². The maximum atomic E-state index is 13.9. The van der Waals surface area contributed by atoms with E-state index in [1.165, 1.54) is 0 Å². The molecule has 55 heavy (non-hydrogen) atoms. The molecule has 2 saturated heterocycles. The molecule has 2 unspecified atom stereocenters. The lowest BCUT2D eigenvalue weighted by atomic mass is 10.1. The molecule has 4 aliphatic heterocycles. The van der Waals surface area contributed by atoms with Crippen LogP contribution in [0.15, 0.2) is 119 Å². The average molecular weight is 777 g/mol. The van der Waals surface area contributed by atoms with Crippen molar-refractivity contribution >= 4 is 46.7 Å². The fraction of sp³-hybridized carbons (Fsp3) is 0.302. The molecular weight excluding hydrogens is 733 g/mol. The Morgan fingerprint density at radius 2 is 1.05 bits per heavy atom. The summed E-state index contributed by atoms with van der Waals surface area (Å²) >= 11 is 3.40. The van der Waals surface area contributed by atoms with E-state index in [2.05, 4.69) is 48.1 Å². The lowest BCUT2D eigenvalue weighted by molar-refractivity contribution is 0.0740. The van der Waals surface area contributed by atoms with Gasteiger partial charge < -0.3 is 39.4 Å². The molecule has 284 valence electrons. The van der Waals surface area contributed by atoms with Gasteiger partial charge in [-0.25, -0.2) is 0 Å². The second-order valence-electron chi connectivity index (χ2n) is 14.0. The maximum Gasteiger partial charge on any atom is 0.256 e. The SMILES string of the molecule is C=C1C[C@H]2C(Sc3ccccc3)Nc3cc(OCCCOc4cc5c(cc4OC)C(=O)N4CC(=C)C[C@H]4C(Sc4ccccc4)N5)c(OC)cc3C(=O)N2C1. The molecule has 0 aliphatic carbocycles. The molecule has 0 bridgehead atoms. The minimum atomic E-state index is -0.0920. The Kier molecular flexibility index (Phi) is 10.6. The third-order valence-electron chi connectivity index (χ3n) is 10.3. The summed E-state index contributed by atoms with van der Waals surface area (Å²) in [5.74, 6) is 1.92. The molecule has 2 amide bonds. The number of ether oxygens (including phenoxy) is 4. The van der Waals surface area contributed by atoms with E-state index in [0.717, 1.165) is 33.8 Å². The highest BCUT2D eigenvalue weighted by molar-refractivity contribution is 8.00. The number of rotatable bonds is 12. The van der Waals surface area contributed by atoms with E-state index >= 15 is 0 Å². The lowest BCUT2D eigenvalue weighted by Gasteiger charge is -2.28. The van der Waals surface area contributed by atoms with Crippen LogP contribution in [0.25, 0.3) is 0 Å². The van der Waals surface area contributed by atoms with Gasteiger partial charge >= 0.3 is 0 Å². The van der Waals surface area contributed by atoms with E-state index < -0.39 is 0 Å². The van der Waals surface area contributed by atoms with Gasteiger partial charge in [-0.05, 0) is 49.2 Å². The topological polar surface area (TPSA) is 102 Å². The van der Waals surface area contributed by atoms with Gasteiger partial charge in [-0.2, -0.15) is 0 Å². The molecule has 0 saturated carbocycles. The van der Waals surface area contributed by atoms with E-state index in [9.17, 15) is 9.59 Å². The molecule has 2 fully saturated rings. The number of methoxy groups -OCH3 is 2. The van der Waals surface area contributed by atoms with E-state index in [1.54, 1.807) is 49.9 Å². The number of carbonyl (C=O) groups excluding carboxylic acids is 2. The van der Waals surface area contributed by atoms with Gasteiger partial charge in [0.25, 0.3) is 11.8 Å². The van der Waals surface area contributed by atoms with Crippen LogP contribution in [0.4, 0.5) is 11.4 Å². The number of hydrogen-bond acceptors (Lipinski definition) is 10. The molecule has 10 nitrogen and oxygen atoms in total. The second kappa shape index (κ2) is 15.9. The first-order valence-electron chi connectivity index (χ1n) is 18.4. The smallest absolute Gasteiger partial charge is 0.256 e. The minimum Gasteiger partial charge on any atom is -0.493 e. The van der Waals surface area contributed by atoms with Crippen molar-refractivity contribution in [1.82, 2.24) is 9.80 Å². The quantitative estimate of drug-likeness (QED) is 0.108. The van der Waals surface area contributed by atoms with Crippen LogP contribution in [-0.4, -0.2) is 85.0 Å². The first kappa shape index (κ1) is 36.8. The monoisotopic (exact) mass is 776 g/mol. The Morgan fingerprint density at radius 1 is 0.636 bits per heavy atom. The zero-order valence-corrected chi connectivity index (χ0v) is 32.5. The van der Waals surface area contributed by atoms with Gasteiger partial charge in [0.2, 0.25) is 0 Å². The number of nitrogens with zero attached hydrogens (tertiary/aromatic N) is 2. The van der Waals surface area contributed by atoms with Crippen molar-refractivity contribution in [2.45, 2.75) is 51.9 Å². The summed E-state index contributed by atoms with van der Waals surface area (Å²) in [5, 5.41) is 7.15. The highest BCUT2D eigenvalue weighted by Crippen LogP contribution is 2.44. The molecule has 4 heterocycles. The van der Waals surface area contributed by atoms with Gasteiger partial charge in [0.1, 0.15) is 0 Å². The molecule has 0 aromatic heterocycles. The van der Waals surface area contributed by atoms with E-state index in [4.69, 9.17) is 18.9 Å². The number of hydrogen-bond donors (Lipinski definition) is 2. The van der Waals surface area contributed by atoms with Gasteiger partial charge in [0, 0.05) is 41.4 Å². The molecule has 4 aromatic rings. The molecule has 8 rings (SSSR count). The molecule has 12 heteroatoms. The highest BCUT2D eigenvalue weighted by atomic mass is 32.2. The first-order valence-corrected chi connectivity index (χ1v) is 20.2. The third-order valence-corrected chi connectivity index (χ3v) is 12.7. The van der Waals surface area contributed by atoms with Crippen LogP contribution in [0.2, 0.25) is 0 Å². The molecule has 4 aliphatic rings. The van der Waals surface area contributed by atoms with Gasteiger partial charge in [0.05, 0.1) is 72.8 Å². The number of fused-ring (bicyclic) bond motifs is 4. The minimum absolute atomic E-state index is 0.0472. The van der Waals surface area contributed by atoms with Crippen LogP contribution in [0.3, 0.4) is 0 Å². The summed E-state index contributed by atoms with van der Waals surface area (Å²) < 4.78 is 24.0. The number of anilines is 2. The van der Waals surface area contributed by atoms with Gasteiger partial charge in [0.15, 0.2) is 23.0 Å². The van der Waals surface area contributed by atoms with Gasteiger partial charge in [-0.1, -0.05) is 84.2 Å². The number of carbonyl (C=O) groups is 2. The Bertz CT molecular complexity index is 1970. The predicted octanol–water partition coefficient (Wildman–Crippen LogP) is 8.18. The molecule has 4 atom stereocenters. The van der Waals surface area contributed by atoms with Crippen molar-refractivity contribution < 1.29 is 28.5 Å². The van der Waals surface area contributed by atoms with Crippen LogP contribution >= 0.6 is 23.5 Å². The van der Waals surface area contributed by atoms with Crippen LogP contribution in [0, 0.1) is 0 Å². The van der Waals surface area contributed by atoms with Gasteiger partial charge in [-0.15, -0.1) is 0 Å².